The Balaban J connectivity index is 1.55. The van der Waals surface area contributed by atoms with Gasteiger partial charge in [-0.2, -0.15) is 0 Å². The van der Waals surface area contributed by atoms with Crippen LogP contribution in [0.1, 0.15) is 38.7 Å². The SMILES string of the molecule is CC1(C)CC[C@H](OCCc2ccc3ccccc3c2)[C@H](CO)C1. The van der Waals surface area contributed by atoms with Crippen LogP contribution in [0, 0.1) is 11.3 Å². The summed E-state index contributed by atoms with van der Waals surface area (Å²) in [6.45, 7) is 5.56. The van der Waals surface area contributed by atoms with Crippen molar-refractivity contribution in [3.63, 3.8) is 0 Å². The molecule has 2 atom stereocenters. The third kappa shape index (κ3) is 4.13. The van der Waals surface area contributed by atoms with Gasteiger partial charge in [0.1, 0.15) is 0 Å². The molecule has 3 rings (SSSR count). The van der Waals surface area contributed by atoms with Gasteiger partial charge in [0.25, 0.3) is 0 Å². The van der Waals surface area contributed by atoms with Crippen molar-refractivity contribution in [3.05, 3.63) is 48.0 Å². The molecule has 124 valence electrons. The molecule has 1 aliphatic rings. The molecule has 2 heteroatoms. The summed E-state index contributed by atoms with van der Waals surface area (Å²) in [5.41, 5.74) is 1.66. The summed E-state index contributed by atoms with van der Waals surface area (Å²) in [5, 5.41) is 12.2. The maximum absolute atomic E-state index is 9.65. The van der Waals surface area contributed by atoms with Gasteiger partial charge in [0, 0.05) is 12.5 Å². The molecule has 0 amide bonds. The number of fused-ring (bicyclic) bond motifs is 1. The molecule has 0 saturated heterocycles. The van der Waals surface area contributed by atoms with E-state index in [0.717, 1.165) is 25.9 Å². The second-order valence-electron chi connectivity index (χ2n) is 7.69. The number of ether oxygens (including phenoxy) is 1. The second-order valence-corrected chi connectivity index (χ2v) is 7.69. The highest BCUT2D eigenvalue weighted by atomic mass is 16.5. The largest absolute Gasteiger partial charge is 0.396 e. The van der Waals surface area contributed by atoms with Crippen molar-refractivity contribution < 1.29 is 9.84 Å². The average molecular weight is 312 g/mol. The zero-order chi connectivity index (χ0) is 16.3. The van der Waals surface area contributed by atoms with E-state index < -0.39 is 0 Å². The Morgan fingerprint density at radius 1 is 1.13 bits per heavy atom. The van der Waals surface area contributed by atoms with Crippen LogP contribution in [0.15, 0.2) is 42.5 Å². The zero-order valence-electron chi connectivity index (χ0n) is 14.3. The molecule has 1 fully saturated rings. The minimum atomic E-state index is 0.216. The quantitative estimate of drug-likeness (QED) is 0.875. The normalized spacial score (nSPS) is 24.0. The van der Waals surface area contributed by atoms with Crippen LogP contribution in [-0.2, 0) is 11.2 Å². The number of benzene rings is 2. The minimum Gasteiger partial charge on any atom is -0.396 e. The van der Waals surface area contributed by atoms with Crippen molar-refractivity contribution in [2.45, 2.75) is 45.6 Å². The monoisotopic (exact) mass is 312 g/mol. The summed E-state index contributed by atoms with van der Waals surface area (Å²) in [6.07, 6.45) is 4.46. The van der Waals surface area contributed by atoms with Crippen LogP contribution in [-0.4, -0.2) is 24.4 Å². The molecule has 23 heavy (non-hydrogen) atoms. The molecule has 0 aromatic heterocycles. The van der Waals surface area contributed by atoms with Crippen LogP contribution < -0.4 is 0 Å². The smallest absolute Gasteiger partial charge is 0.0625 e. The van der Waals surface area contributed by atoms with E-state index in [9.17, 15) is 5.11 Å². The maximum Gasteiger partial charge on any atom is 0.0625 e. The van der Waals surface area contributed by atoms with E-state index in [0.29, 0.717) is 5.41 Å². The molecule has 0 heterocycles. The van der Waals surface area contributed by atoms with Crippen LogP contribution in [0.2, 0.25) is 0 Å². The molecule has 1 saturated carbocycles. The van der Waals surface area contributed by atoms with Gasteiger partial charge in [-0.05, 0) is 47.4 Å². The van der Waals surface area contributed by atoms with E-state index in [1.807, 2.05) is 0 Å². The van der Waals surface area contributed by atoms with Gasteiger partial charge in [0.2, 0.25) is 0 Å². The van der Waals surface area contributed by atoms with Gasteiger partial charge in [0.05, 0.1) is 12.7 Å². The van der Waals surface area contributed by atoms with Crippen LogP contribution in [0.25, 0.3) is 10.8 Å². The molecule has 0 spiro atoms. The molecule has 1 N–H and O–H groups in total. The van der Waals surface area contributed by atoms with Crippen LogP contribution in [0.5, 0.6) is 0 Å². The van der Waals surface area contributed by atoms with Gasteiger partial charge in [-0.25, -0.2) is 0 Å². The van der Waals surface area contributed by atoms with Crippen LogP contribution >= 0.6 is 0 Å². The first-order valence-electron chi connectivity index (χ1n) is 8.77. The molecular formula is C21H28O2. The van der Waals surface area contributed by atoms with Gasteiger partial charge in [0.15, 0.2) is 0 Å². The Morgan fingerprint density at radius 3 is 2.70 bits per heavy atom. The van der Waals surface area contributed by atoms with E-state index in [-0.39, 0.29) is 18.6 Å². The Kier molecular flexibility index (Phi) is 5.03. The topological polar surface area (TPSA) is 29.5 Å². The maximum atomic E-state index is 9.65. The number of rotatable bonds is 5. The second kappa shape index (κ2) is 7.02. The number of hydrogen-bond donors (Lipinski definition) is 1. The molecule has 2 aromatic carbocycles. The van der Waals surface area contributed by atoms with E-state index in [1.54, 1.807) is 0 Å². The third-order valence-corrected chi connectivity index (χ3v) is 5.22. The Labute approximate surface area is 139 Å². The molecule has 0 radical (unpaired) electrons. The van der Waals surface area contributed by atoms with Crippen molar-refractivity contribution in [2.75, 3.05) is 13.2 Å². The first-order chi connectivity index (χ1) is 11.1. The van der Waals surface area contributed by atoms with Crippen molar-refractivity contribution >= 4 is 10.8 Å². The molecule has 0 unspecified atom stereocenters. The first kappa shape index (κ1) is 16.5. The molecule has 2 nitrogen and oxygen atoms in total. The van der Waals surface area contributed by atoms with Crippen LogP contribution in [0.3, 0.4) is 0 Å². The predicted molar refractivity (Wildman–Crippen MR) is 95.6 cm³/mol. The zero-order valence-corrected chi connectivity index (χ0v) is 14.3. The van der Waals surface area contributed by atoms with E-state index in [1.165, 1.54) is 22.8 Å². The summed E-state index contributed by atoms with van der Waals surface area (Å²) >= 11 is 0. The minimum absolute atomic E-state index is 0.216. The fourth-order valence-corrected chi connectivity index (χ4v) is 3.84. The van der Waals surface area contributed by atoms with Gasteiger partial charge in [-0.3, -0.25) is 0 Å². The lowest BCUT2D eigenvalue weighted by atomic mass is 9.71. The summed E-state index contributed by atoms with van der Waals surface area (Å²) in [7, 11) is 0. The lowest BCUT2D eigenvalue weighted by Crippen LogP contribution is -2.37. The van der Waals surface area contributed by atoms with Gasteiger partial charge >= 0.3 is 0 Å². The van der Waals surface area contributed by atoms with Crippen molar-refractivity contribution in [1.82, 2.24) is 0 Å². The number of hydrogen-bond acceptors (Lipinski definition) is 2. The number of aliphatic hydroxyl groups excluding tert-OH is 1. The Hall–Kier alpha value is -1.38. The number of aliphatic hydroxyl groups is 1. The highest BCUT2D eigenvalue weighted by Gasteiger charge is 2.34. The van der Waals surface area contributed by atoms with Crippen molar-refractivity contribution in [2.24, 2.45) is 11.3 Å². The average Bonchev–Trinajstić information content (AvgIpc) is 2.55. The van der Waals surface area contributed by atoms with E-state index in [4.69, 9.17) is 4.74 Å². The predicted octanol–water partition coefficient (Wildman–Crippen LogP) is 4.59. The summed E-state index contributed by atoms with van der Waals surface area (Å²) < 4.78 is 6.14. The molecule has 0 aliphatic heterocycles. The molecule has 0 bridgehead atoms. The van der Waals surface area contributed by atoms with Gasteiger partial charge in [-0.1, -0.05) is 56.3 Å². The highest BCUT2D eigenvalue weighted by Crippen LogP contribution is 2.39. The molecule has 2 aromatic rings. The highest BCUT2D eigenvalue weighted by molar-refractivity contribution is 5.82. The fraction of sp³-hybridized carbons (Fsp3) is 0.524. The van der Waals surface area contributed by atoms with E-state index in [2.05, 4.69) is 56.3 Å². The fourth-order valence-electron chi connectivity index (χ4n) is 3.84. The van der Waals surface area contributed by atoms with Crippen molar-refractivity contribution in [3.8, 4) is 0 Å². The Morgan fingerprint density at radius 2 is 1.91 bits per heavy atom. The van der Waals surface area contributed by atoms with Gasteiger partial charge in [-0.15, -0.1) is 0 Å². The standard InChI is InChI=1S/C21H28O2/c1-21(2)11-9-20(19(14-21)15-22)23-12-10-16-7-8-17-5-3-4-6-18(17)13-16/h3-8,13,19-20,22H,9-12,14-15H2,1-2H3/t19-,20-/m0/s1. The van der Waals surface area contributed by atoms with Gasteiger partial charge < -0.3 is 9.84 Å². The first-order valence-corrected chi connectivity index (χ1v) is 8.77. The van der Waals surface area contributed by atoms with E-state index >= 15 is 0 Å². The van der Waals surface area contributed by atoms with Crippen LogP contribution in [0.4, 0.5) is 0 Å². The lowest BCUT2D eigenvalue weighted by Gasteiger charge is -2.39. The Bertz CT molecular complexity index is 647. The molecular weight excluding hydrogens is 284 g/mol. The summed E-state index contributed by atoms with van der Waals surface area (Å²) in [5.74, 6) is 0.287. The summed E-state index contributed by atoms with van der Waals surface area (Å²) in [6, 6.07) is 15.1. The summed E-state index contributed by atoms with van der Waals surface area (Å²) in [4.78, 5) is 0. The molecule has 1 aliphatic carbocycles. The lowest BCUT2D eigenvalue weighted by molar-refractivity contribution is -0.0536. The van der Waals surface area contributed by atoms with Crippen molar-refractivity contribution in [1.29, 1.82) is 0 Å². The third-order valence-electron chi connectivity index (χ3n) is 5.22.